The highest BCUT2D eigenvalue weighted by Crippen LogP contribution is 2.20. The molecular weight excluding hydrogens is 366 g/mol. The van der Waals surface area contributed by atoms with Crippen molar-refractivity contribution in [1.82, 2.24) is 14.5 Å². The maximum atomic E-state index is 12.8. The van der Waals surface area contributed by atoms with Crippen molar-refractivity contribution in [2.45, 2.75) is 52.2 Å². The number of imidazole rings is 1. The summed E-state index contributed by atoms with van der Waals surface area (Å²) in [5, 5.41) is 3.09. The monoisotopic (exact) mass is 395 g/mol. The predicted octanol–water partition coefficient (Wildman–Crippen LogP) is 3.88. The molecule has 1 N–H and O–H groups in total. The van der Waals surface area contributed by atoms with E-state index in [0.717, 1.165) is 35.2 Å². The number of aryl methyl sites for hydroxylation is 2. The second-order valence-corrected chi connectivity index (χ2v) is 7.13. The number of carbonyl (C=O) groups excluding carboxylic acids is 1. The second-order valence-electron chi connectivity index (χ2n) is 7.13. The quantitative estimate of drug-likeness (QED) is 0.598. The van der Waals surface area contributed by atoms with Gasteiger partial charge in [-0.2, -0.15) is 0 Å². The number of ether oxygens (including phenoxy) is 1. The number of hydrogen-bond donors (Lipinski definition) is 1. The number of benzene rings is 2. The fourth-order valence-corrected chi connectivity index (χ4v) is 3.67. The molecule has 1 amide bonds. The fraction of sp³-hybridized carbons (Fsp3) is 0.391. The van der Waals surface area contributed by atoms with Gasteiger partial charge in [-0.1, -0.05) is 38.1 Å². The lowest BCUT2D eigenvalue weighted by atomic mass is 10.0. The first-order chi connectivity index (χ1) is 14.1. The molecule has 1 atom stereocenters. The lowest BCUT2D eigenvalue weighted by Crippen LogP contribution is -2.31. The summed E-state index contributed by atoms with van der Waals surface area (Å²) in [7, 11) is 1.63. The van der Waals surface area contributed by atoms with Gasteiger partial charge in [0.1, 0.15) is 5.75 Å². The molecule has 6 heteroatoms. The van der Waals surface area contributed by atoms with Crippen LogP contribution in [0.25, 0.3) is 11.0 Å². The van der Waals surface area contributed by atoms with E-state index in [1.165, 1.54) is 0 Å². The smallest absolute Gasteiger partial charge is 0.329 e. The van der Waals surface area contributed by atoms with Crippen LogP contribution in [0.4, 0.5) is 0 Å². The van der Waals surface area contributed by atoms with Gasteiger partial charge in [0.05, 0.1) is 24.2 Å². The molecule has 154 valence electrons. The number of para-hydroxylation sites is 2. The number of amides is 1. The van der Waals surface area contributed by atoms with Crippen LogP contribution < -0.4 is 15.7 Å². The Labute approximate surface area is 171 Å². The van der Waals surface area contributed by atoms with Crippen LogP contribution in [0.15, 0.2) is 53.3 Å². The number of aromatic nitrogens is 2. The highest BCUT2D eigenvalue weighted by Gasteiger charge is 2.16. The zero-order valence-electron chi connectivity index (χ0n) is 17.4. The number of rotatable bonds is 9. The van der Waals surface area contributed by atoms with Crippen molar-refractivity contribution in [3.63, 3.8) is 0 Å². The van der Waals surface area contributed by atoms with E-state index in [2.05, 4.69) is 12.2 Å². The summed E-state index contributed by atoms with van der Waals surface area (Å²) in [5.74, 6) is 0.727. The first kappa shape index (κ1) is 20.7. The van der Waals surface area contributed by atoms with Crippen LogP contribution in [0.3, 0.4) is 0 Å². The number of fused-ring (bicyclic) bond motifs is 1. The molecule has 3 aromatic rings. The maximum Gasteiger partial charge on any atom is 0.329 e. The largest absolute Gasteiger partial charge is 0.497 e. The summed E-state index contributed by atoms with van der Waals surface area (Å²) in [6.07, 6.45) is 1.93. The highest BCUT2D eigenvalue weighted by molar-refractivity contribution is 5.78. The summed E-state index contributed by atoms with van der Waals surface area (Å²) >= 11 is 0. The van der Waals surface area contributed by atoms with Crippen LogP contribution >= 0.6 is 0 Å². The molecule has 0 spiro atoms. The molecular formula is C23H29N3O3. The molecule has 0 aliphatic carbocycles. The average Bonchev–Trinajstić information content (AvgIpc) is 3.02. The lowest BCUT2D eigenvalue weighted by molar-refractivity contribution is -0.122. The zero-order valence-corrected chi connectivity index (χ0v) is 17.4. The van der Waals surface area contributed by atoms with E-state index >= 15 is 0 Å². The molecule has 1 unspecified atom stereocenters. The van der Waals surface area contributed by atoms with Crippen molar-refractivity contribution >= 4 is 16.9 Å². The Hall–Kier alpha value is -3.02. The average molecular weight is 396 g/mol. The van der Waals surface area contributed by atoms with Crippen molar-refractivity contribution < 1.29 is 9.53 Å². The minimum absolute atomic E-state index is 0.0527. The molecule has 0 aliphatic heterocycles. The van der Waals surface area contributed by atoms with Crippen molar-refractivity contribution in [2.75, 3.05) is 7.11 Å². The normalized spacial score (nSPS) is 12.1. The molecule has 0 radical (unpaired) electrons. The summed E-state index contributed by atoms with van der Waals surface area (Å²) in [6.45, 7) is 5.13. The van der Waals surface area contributed by atoms with Gasteiger partial charge >= 0.3 is 5.69 Å². The van der Waals surface area contributed by atoms with Crippen molar-refractivity contribution in [1.29, 1.82) is 0 Å². The van der Waals surface area contributed by atoms with Gasteiger partial charge in [0.25, 0.3) is 0 Å². The van der Waals surface area contributed by atoms with Gasteiger partial charge in [0, 0.05) is 19.5 Å². The van der Waals surface area contributed by atoms with Gasteiger partial charge in [0.15, 0.2) is 0 Å². The maximum absolute atomic E-state index is 12.8. The van der Waals surface area contributed by atoms with Crippen LogP contribution in [0.2, 0.25) is 0 Å². The molecule has 0 saturated carbocycles. The second kappa shape index (κ2) is 9.45. The van der Waals surface area contributed by atoms with E-state index in [0.29, 0.717) is 13.1 Å². The van der Waals surface area contributed by atoms with Crippen molar-refractivity contribution in [3.05, 3.63) is 64.6 Å². The van der Waals surface area contributed by atoms with Gasteiger partial charge in [-0.05, 0) is 42.7 Å². The minimum Gasteiger partial charge on any atom is -0.497 e. The van der Waals surface area contributed by atoms with E-state index in [1.807, 2.05) is 55.5 Å². The summed E-state index contributed by atoms with van der Waals surface area (Å²) in [6, 6.07) is 15.4. The van der Waals surface area contributed by atoms with Crippen LogP contribution in [0.5, 0.6) is 5.75 Å². The van der Waals surface area contributed by atoms with E-state index < -0.39 is 0 Å². The Morgan fingerprint density at radius 3 is 2.17 bits per heavy atom. The summed E-state index contributed by atoms with van der Waals surface area (Å²) < 4.78 is 8.69. The van der Waals surface area contributed by atoms with E-state index in [4.69, 9.17) is 4.74 Å². The van der Waals surface area contributed by atoms with E-state index in [-0.39, 0.29) is 24.1 Å². The molecule has 1 aromatic heterocycles. The van der Waals surface area contributed by atoms with Crippen molar-refractivity contribution in [3.8, 4) is 5.75 Å². The zero-order chi connectivity index (χ0) is 20.8. The number of hydrogen-bond acceptors (Lipinski definition) is 3. The summed E-state index contributed by atoms with van der Waals surface area (Å²) in [4.78, 5) is 25.4. The molecule has 1 heterocycles. The Morgan fingerprint density at radius 2 is 1.62 bits per heavy atom. The minimum atomic E-state index is -0.0634. The topological polar surface area (TPSA) is 65.3 Å². The number of carbonyl (C=O) groups is 1. The van der Waals surface area contributed by atoms with Gasteiger partial charge in [-0.3, -0.25) is 13.9 Å². The Balaban J connectivity index is 1.71. The number of nitrogens with one attached hydrogen (secondary N) is 1. The number of nitrogens with zero attached hydrogens (tertiary/aromatic N) is 2. The van der Waals surface area contributed by atoms with Crippen LogP contribution in [0.1, 0.15) is 44.7 Å². The van der Waals surface area contributed by atoms with Crippen molar-refractivity contribution in [2.24, 2.45) is 0 Å². The molecule has 0 fully saturated rings. The third kappa shape index (κ3) is 4.53. The molecule has 2 aromatic carbocycles. The Bertz CT molecular complexity index is 1020. The molecule has 6 nitrogen and oxygen atoms in total. The third-order valence-corrected chi connectivity index (χ3v) is 5.20. The first-order valence-corrected chi connectivity index (χ1v) is 10.2. The fourth-order valence-electron chi connectivity index (χ4n) is 3.67. The standard InChI is InChI=1S/C23H29N3O3/c1-4-15-25-20-8-6-7-9-21(20)26(23(25)28)16-14-22(27)24-19(5-2)17-10-12-18(29-3)13-11-17/h6-13,19H,4-5,14-16H2,1-3H3,(H,24,27). The highest BCUT2D eigenvalue weighted by atomic mass is 16.5. The van der Waals surface area contributed by atoms with Gasteiger partial charge in [-0.15, -0.1) is 0 Å². The molecule has 0 bridgehead atoms. The van der Waals surface area contributed by atoms with E-state index in [9.17, 15) is 9.59 Å². The van der Waals surface area contributed by atoms with Crippen LogP contribution in [-0.4, -0.2) is 22.2 Å². The molecule has 0 aliphatic rings. The summed E-state index contributed by atoms with van der Waals surface area (Å²) in [5.41, 5.74) is 2.78. The van der Waals surface area contributed by atoms with Gasteiger partial charge in [0.2, 0.25) is 5.91 Å². The van der Waals surface area contributed by atoms with Crippen LogP contribution in [-0.2, 0) is 17.9 Å². The third-order valence-electron chi connectivity index (χ3n) is 5.20. The Kier molecular flexibility index (Phi) is 6.75. The molecule has 0 saturated heterocycles. The first-order valence-electron chi connectivity index (χ1n) is 10.2. The Morgan fingerprint density at radius 1 is 1.00 bits per heavy atom. The number of methoxy groups -OCH3 is 1. The molecule has 29 heavy (non-hydrogen) atoms. The molecule has 3 rings (SSSR count). The predicted molar refractivity (Wildman–Crippen MR) is 115 cm³/mol. The van der Waals surface area contributed by atoms with Gasteiger partial charge < -0.3 is 10.1 Å². The van der Waals surface area contributed by atoms with Gasteiger partial charge in [-0.25, -0.2) is 4.79 Å². The SMILES string of the molecule is CCCn1c(=O)n(CCC(=O)NC(CC)c2ccc(OC)cc2)c2ccccc21. The van der Waals surface area contributed by atoms with E-state index in [1.54, 1.807) is 16.2 Å². The van der Waals surface area contributed by atoms with Crippen LogP contribution in [0, 0.1) is 0 Å². The lowest BCUT2D eigenvalue weighted by Gasteiger charge is -2.18.